The molecule has 0 saturated carbocycles. The van der Waals surface area contributed by atoms with Gasteiger partial charge < -0.3 is 15.2 Å². The van der Waals surface area contributed by atoms with Crippen molar-refractivity contribution in [1.82, 2.24) is 0 Å². The molecular weight excluding hydrogens is 352 g/mol. The largest absolute Gasteiger partial charge is 0.497 e. The lowest BCUT2D eigenvalue weighted by Gasteiger charge is -2.18. The van der Waals surface area contributed by atoms with E-state index in [4.69, 9.17) is 15.2 Å². The van der Waals surface area contributed by atoms with Gasteiger partial charge in [0.05, 0.1) is 23.9 Å². The van der Waals surface area contributed by atoms with E-state index in [1.54, 1.807) is 24.3 Å². The summed E-state index contributed by atoms with van der Waals surface area (Å²) in [6.45, 7) is -0.220. The highest BCUT2D eigenvalue weighted by atomic mass is 19.4. The molecule has 0 aliphatic rings. The standard InChI is InChI=1S/C16H13F6NO2/c1-24-10-4-2-9(3-5-10)8-25-11-6-12(15(17,18)19)14(23)13(7-11)16(20,21)22/h2-7H,8,23H2,1H3. The third-order valence-electron chi connectivity index (χ3n) is 3.33. The fourth-order valence-corrected chi connectivity index (χ4v) is 2.07. The van der Waals surface area contributed by atoms with Gasteiger partial charge in [-0.1, -0.05) is 12.1 Å². The first-order chi connectivity index (χ1) is 11.5. The molecule has 136 valence electrons. The van der Waals surface area contributed by atoms with E-state index in [0.717, 1.165) is 0 Å². The Labute approximate surface area is 139 Å². The number of methoxy groups -OCH3 is 1. The van der Waals surface area contributed by atoms with Crippen LogP contribution in [0.4, 0.5) is 32.0 Å². The van der Waals surface area contributed by atoms with Gasteiger partial charge in [-0.15, -0.1) is 0 Å². The molecule has 0 aliphatic carbocycles. The molecule has 0 aromatic heterocycles. The van der Waals surface area contributed by atoms with Crippen LogP contribution in [0.15, 0.2) is 36.4 Å². The fourth-order valence-electron chi connectivity index (χ4n) is 2.07. The molecule has 2 aromatic rings. The smallest absolute Gasteiger partial charge is 0.418 e. The maximum atomic E-state index is 12.9. The number of ether oxygens (including phenoxy) is 2. The van der Waals surface area contributed by atoms with Gasteiger partial charge in [-0.25, -0.2) is 0 Å². The van der Waals surface area contributed by atoms with Crippen molar-refractivity contribution in [2.75, 3.05) is 12.8 Å². The lowest BCUT2D eigenvalue weighted by molar-refractivity contribution is -0.141. The summed E-state index contributed by atoms with van der Waals surface area (Å²) < 4.78 is 87.6. The molecule has 0 unspecified atom stereocenters. The summed E-state index contributed by atoms with van der Waals surface area (Å²) in [4.78, 5) is 0. The Balaban J connectivity index is 2.33. The van der Waals surface area contributed by atoms with Crippen LogP contribution in [0.25, 0.3) is 0 Å². The van der Waals surface area contributed by atoms with Crippen LogP contribution < -0.4 is 15.2 Å². The quantitative estimate of drug-likeness (QED) is 0.620. The summed E-state index contributed by atoms with van der Waals surface area (Å²) in [5.74, 6) is -0.0281. The summed E-state index contributed by atoms with van der Waals surface area (Å²) >= 11 is 0. The van der Waals surface area contributed by atoms with E-state index < -0.39 is 34.9 Å². The molecule has 2 N–H and O–H groups in total. The minimum atomic E-state index is -5.04. The number of nitrogens with two attached hydrogens (primary N) is 1. The number of alkyl halides is 6. The molecular formula is C16H13F6NO2. The van der Waals surface area contributed by atoms with Crippen LogP contribution in [-0.4, -0.2) is 7.11 Å². The molecule has 0 amide bonds. The number of hydrogen-bond donors (Lipinski definition) is 1. The molecule has 0 fully saturated rings. The van der Waals surface area contributed by atoms with E-state index in [-0.39, 0.29) is 6.61 Å². The van der Waals surface area contributed by atoms with Gasteiger partial charge in [0.25, 0.3) is 0 Å². The number of rotatable bonds is 4. The highest BCUT2D eigenvalue weighted by Gasteiger charge is 2.41. The summed E-state index contributed by atoms with van der Waals surface area (Å²) in [5.41, 5.74) is 1.04. The van der Waals surface area contributed by atoms with E-state index in [1.165, 1.54) is 7.11 Å². The minimum absolute atomic E-state index is 0.220. The van der Waals surface area contributed by atoms with Crippen molar-refractivity contribution in [3.63, 3.8) is 0 Å². The van der Waals surface area contributed by atoms with E-state index in [2.05, 4.69) is 0 Å². The Morgan fingerprint density at radius 1 is 0.840 bits per heavy atom. The second kappa shape index (κ2) is 6.73. The molecule has 0 bridgehead atoms. The molecule has 2 aromatic carbocycles. The maximum Gasteiger partial charge on any atom is 0.418 e. The van der Waals surface area contributed by atoms with Gasteiger partial charge in [0.2, 0.25) is 0 Å². The lowest BCUT2D eigenvalue weighted by Crippen LogP contribution is -2.16. The third kappa shape index (κ3) is 4.49. The average Bonchev–Trinajstić information content (AvgIpc) is 2.52. The van der Waals surface area contributed by atoms with Crippen molar-refractivity contribution in [2.24, 2.45) is 0 Å². The third-order valence-corrected chi connectivity index (χ3v) is 3.33. The maximum absolute atomic E-state index is 12.9. The van der Waals surface area contributed by atoms with Crippen LogP contribution in [0, 0.1) is 0 Å². The topological polar surface area (TPSA) is 44.5 Å². The number of nitrogen functional groups attached to an aromatic ring is 1. The van der Waals surface area contributed by atoms with E-state index in [9.17, 15) is 26.3 Å². The molecule has 0 saturated heterocycles. The zero-order chi connectivity index (χ0) is 18.8. The number of benzene rings is 2. The van der Waals surface area contributed by atoms with Crippen LogP contribution in [-0.2, 0) is 19.0 Å². The van der Waals surface area contributed by atoms with Crippen molar-refractivity contribution >= 4 is 5.69 Å². The summed E-state index contributed by atoms with van der Waals surface area (Å²) in [6, 6.07) is 7.23. The number of halogens is 6. The predicted octanol–water partition coefficient (Wildman–Crippen LogP) is 4.89. The Morgan fingerprint density at radius 3 is 1.72 bits per heavy atom. The summed E-state index contributed by atoms with van der Waals surface area (Å²) in [6.07, 6.45) is -10.1. The Hall–Kier alpha value is -2.58. The van der Waals surface area contributed by atoms with Gasteiger partial charge >= 0.3 is 12.4 Å². The Morgan fingerprint density at radius 2 is 1.32 bits per heavy atom. The normalized spacial score (nSPS) is 12.1. The zero-order valence-corrected chi connectivity index (χ0v) is 12.8. The highest BCUT2D eigenvalue weighted by molar-refractivity contribution is 5.59. The van der Waals surface area contributed by atoms with Gasteiger partial charge in [-0.2, -0.15) is 26.3 Å². The second-order valence-electron chi connectivity index (χ2n) is 5.06. The molecule has 0 spiro atoms. The molecule has 0 aliphatic heterocycles. The van der Waals surface area contributed by atoms with E-state index in [0.29, 0.717) is 23.4 Å². The van der Waals surface area contributed by atoms with Crippen LogP contribution in [0.2, 0.25) is 0 Å². The van der Waals surface area contributed by atoms with Crippen molar-refractivity contribution in [2.45, 2.75) is 19.0 Å². The van der Waals surface area contributed by atoms with Gasteiger partial charge in [-0.05, 0) is 29.8 Å². The Bertz CT molecular complexity index is 703. The van der Waals surface area contributed by atoms with Crippen molar-refractivity contribution in [3.05, 3.63) is 53.1 Å². The molecule has 0 radical (unpaired) electrons. The van der Waals surface area contributed by atoms with Crippen molar-refractivity contribution in [3.8, 4) is 11.5 Å². The molecule has 0 atom stereocenters. The van der Waals surface area contributed by atoms with Crippen LogP contribution in [0.3, 0.4) is 0 Å². The number of anilines is 1. The fraction of sp³-hybridized carbons (Fsp3) is 0.250. The average molecular weight is 365 g/mol. The molecule has 0 heterocycles. The number of hydrogen-bond acceptors (Lipinski definition) is 3. The van der Waals surface area contributed by atoms with E-state index in [1.807, 2.05) is 0 Å². The van der Waals surface area contributed by atoms with Gasteiger partial charge in [0.15, 0.2) is 0 Å². The van der Waals surface area contributed by atoms with Crippen molar-refractivity contribution < 1.29 is 35.8 Å². The lowest BCUT2D eigenvalue weighted by atomic mass is 10.1. The monoisotopic (exact) mass is 365 g/mol. The van der Waals surface area contributed by atoms with Crippen LogP contribution >= 0.6 is 0 Å². The summed E-state index contributed by atoms with van der Waals surface area (Å²) in [5, 5.41) is 0. The predicted molar refractivity (Wildman–Crippen MR) is 78.2 cm³/mol. The first-order valence-corrected chi connectivity index (χ1v) is 6.86. The molecule has 9 heteroatoms. The van der Waals surface area contributed by atoms with E-state index >= 15 is 0 Å². The molecule has 2 rings (SSSR count). The van der Waals surface area contributed by atoms with Gasteiger partial charge in [-0.3, -0.25) is 0 Å². The minimum Gasteiger partial charge on any atom is -0.497 e. The SMILES string of the molecule is COc1ccc(COc2cc(C(F)(F)F)c(N)c(C(F)(F)F)c2)cc1. The van der Waals surface area contributed by atoms with Crippen LogP contribution in [0.1, 0.15) is 16.7 Å². The van der Waals surface area contributed by atoms with Gasteiger partial charge in [0.1, 0.15) is 18.1 Å². The zero-order valence-electron chi connectivity index (χ0n) is 12.8. The first-order valence-electron chi connectivity index (χ1n) is 6.86. The van der Waals surface area contributed by atoms with Gasteiger partial charge in [0, 0.05) is 0 Å². The van der Waals surface area contributed by atoms with Crippen LogP contribution in [0.5, 0.6) is 11.5 Å². The Kier molecular flexibility index (Phi) is 5.05. The molecule has 3 nitrogen and oxygen atoms in total. The first kappa shape index (κ1) is 18.8. The highest BCUT2D eigenvalue weighted by Crippen LogP contribution is 2.43. The van der Waals surface area contributed by atoms with Crippen molar-refractivity contribution in [1.29, 1.82) is 0 Å². The second-order valence-corrected chi connectivity index (χ2v) is 5.06. The summed E-state index contributed by atoms with van der Waals surface area (Å²) in [7, 11) is 1.46. The molecule has 25 heavy (non-hydrogen) atoms.